The van der Waals surface area contributed by atoms with E-state index in [4.69, 9.17) is 9.84 Å². The summed E-state index contributed by atoms with van der Waals surface area (Å²) in [4.78, 5) is 11.1. The van der Waals surface area contributed by atoms with Crippen LogP contribution in [0.3, 0.4) is 0 Å². The Morgan fingerprint density at radius 2 is 2.00 bits per heavy atom. The summed E-state index contributed by atoms with van der Waals surface area (Å²) < 4.78 is 5.03. The highest BCUT2D eigenvalue weighted by Gasteiger charge is 2.37. The largest absolute Gasteiger partial charge is 0.481 e. The molecule has 0 spiro atoms. The summed E-state index contributed by atoms with van der Waals surface area (Å²) in [6.45, 7) is 3.36. The number of hydrogen-bond donors (Lipinski definition) is 2. The molecule has 0 saturated carbocycles. The third kappa shape index (κ3) is 2.84. The number of methoxy groups -OCH3 is 1. The summed E-state index contributed by atoms with van der Waals surface area (Å²) in [6.07, 6.45) is -1.06. The lowest BCUT2D eigenvalue weighted by Crippen LogP contribution is -2.31. The molecule has 0 aliphatic carbocycles. The molecular formula is C13H18O4. The molecular weight excluding hydrogens is 220 g/mol. The second-order valence-corrected chi connectivity index (χ2v) is 4.56. The van der Waals surface area contributed by atoms with Crippen LogP contribution in [0.1, 0.15) is 31.1 Å². The van der Waals surface area contributed by atoms with Crippen LogP contribution in [0.4, 0.5) is 0 Å². The molecule has 0 aliphatic heterocycles. The zero-order chi connectivity index (χ0) is 13.1. The van der Waals surface area contributed by atoms with Crippen molar-refractivity contribution in [1.29, 1.82) is 0 Å². The highest BCUT2D eigenvalue weighted by molar-refractivity contribution is 5.74. The fraction of sp³-hybridized carbons (Fsp3) is 0.462. The Morgan fingerprint density at radius 3 is 2.53 bits per heavy atom. The van der Waals surface area contributed by atoms with Crippen molar-refractivity contribution >= 4 is 5.97 Å². The van der Waals surface area contributed by atoms with Gasteiger partial charge in [-0.1, -0.05) is 24.3 Å². The second-order valence-electron chi connectivity index (χ2n) is 4.56. The minimum absolute atomic E-state index is 0.350. The molecule has 1 atom stereocenters. The monoisotopic (exact) mass is 238 g/mol. The minimum Gasteiger partial charge on any atom is -0.481 e. The Hall–Kier alpha value is -1.39. The van der Waals surface area contributed by atoms with Crippen LogP contribution < -0.4 is 0 Å². The molecule has 0 bridgehead atoms. The first-order valence-corrected chi connectivity index (χ1v) is 5.39. The molecule has 0 aromatic heterocycles. The maximum Gasteiger partial charge on any atom is 0.312 e. The van der Waals surface area contributed by atoms with Crippen molar-refractivity contribution in [3.05, 3.63) is 35.4 Å². The van der Waals surface area contributed by atoms with E-state index in [1.165, 1.54) is 13.8 Å². The lowest BCUT2D eigenvalue weighted by Gasteiger charge is -2.27. The molecule has 0 saturated heterocycles. The van der Waals surface area contributed by atoms with Crippen LogP contribution in [0.25, 0.3) is 0 Å². The normalized spacial score (nSPS) is 13.4. The van der Waals surface area contributed by atoms with E-state index in [0.717, 1.165) is 5.56 Å². The van der Waals surface area contributed by atoms with Gasteiger partial charge in [0.1, 0.15) is 0 Å². The molecule has 1 unspecified atom stereocenters. The fourth-order valence-electron chi connectivity index (χ4n) is 1.59. The van der Waals surface area contributed by atoms with Gasteiger partial charge in [0.15, 0.2) is 0 Å². The summed E-state index contributed by atoms with van der Waals surface area (Å²) in [5, 5.41) is 19.3. The molecule has 17 heavy (non-hydrogen) atoms. The van der Waals surface area contributed by atoms with Crippen LogP contribution in [0.5, 0.6) is 0 Å². The summed E-state index contributed by atoms with van der Waals surface area (Å²) in [5.74, 6) is -1.03. The second kappa shape index (κ2) is 5.29. The average molecular weight is 238 g/mol. The van der Waals surface area contributed by atoms with Crippen molar-refractivity contribution in [2.75, 3.05) is 7.11 Å². The van der Waals surface area contributed by atoms with E-state index in [1.807, 2.05) is 12.1 Å². The van der Waals surface area contributed by atoms with Crippen LogP contribution in [0.2, 0.25) is 0 Å². The number of aliphatic hydroxyl groups is 1. The van der Waals surface area contributed by atoms with Gasteiger partial charge in [-0.2, -0.15) is 0 Å². The van der Waals surface area contributed by atoms with E-state index in [0.29, 0.717) is 12.2 Å². The third-order valence-electron chi connectivity index (χ3n) is 2.88. The Morgan fingerprint density at radius 1 is 1.41 bits per heavy atom. The number of carboxylic acid groups (broad SMARTS) is 1. The van der Waals surface area contributed by atoms with E-state index in [-0.39, 0.29) is 0 Å². The summed E-state index contributed by atoms with van der Waals surface area (Å²) >= 11 is 0. The first-order valence-electron chi connectivity index (χ1n) is 5.39. The molecule has 4 heteroatoms. The zero-order valence-corrected chi connectivity index (χ0v) is 10.3. The number of benzene rings is 1. The smallest absolute Gasteiger partial charge is 0.312 e. The topological polar surface area (TPSA) is 66.8 Å². The highest BCUT2D eigenvalue weighted by atomic mass is 16.5. The maximum atomic E-state index is 11.1. The number of rotatable bonds is 5. The summed E-state index contributed by atoms with van der Waals surface area (Å²) in [7, 11) is 1.56. The molecule has 4 nitrogen and oxygen atoms in total. The Kier molecular flexibility index (Phi) is 4.26. The van der Waals surface area contributed by atoms with E-state index in [1.54, 1.807) is 19.2 Å². The molecule has 94 valence electrons. The lowest BCUT2D eigenvalue weighted by atomic mass is 9.81. The van der Waals surface area contributed by atoms with Gasteiger partial charge in [0.05, 0.1) is 18.1 Å². The number of aliphatic carboxylic acids is 1. The number of hydrogen-bond acceptors (Lipinski definition) is 3. The van der Waals surface area contributed by atoms with Gasteiger partial charge in [-0.05, 0) is 25.0 Å². The molecule has 0 amide bonds. The first kappa shape index (κ1) is 13.7. The number of ether oxygens (including phenoxy) is 1. The molecule has 1 aromatic carbocycles. The van der Waals surface area contributed by atoms with Crippen molar-refractivity contribution in [2.45, 2.75) is 26.6 Å². The fourth-order valence-corrected chi connectivity index (χ4v) is 1.59. The van der Waals surface area contributed by atoms with Crippen molar-refractivity contribution < 1.29 is 19.7 Å². The quantitative estimate of drug-likeness (QED) is 0.823. The van der Waals surface area contributed by atoms with Gasteiger partial charge < -0.3 is 14.9 Å². The zero-order valence-electron chi connectivity index (χ0n) is 10.3. The van der Waals surface area contributed by atoms with E-state index < -0.39 is 17.5 Å². The number of carboxylic acids is 1. The van der Waals surface area contributed by atoms with Crippen molar-refractivity contribution in [3.8, 4) is 0 Å². The van der Waals surface area contributed by atoms with Gasteiger partial charge >= 0.3 is 5.97 Å². The lowest BCUT2D eigenvalue weighted by molar-refractivity contribution is -0.153. The number of aliphatic hydroxyl groups excluding tert-OH is 1. The number of carbonyl (C=O) groups is 1. The predicted molar refractivity (Wildman–Crippen MR) is 63.5 cm³/mol. The van der Waals surface area contributed by atoms with Gasteiger partial charge in [0.25, 0.3) is 0 Å². The summed E-state index contributed by atoms with van der Waals surface area (Å²) in [5.41, 5.74) is 0.169. The molecule has 2 N–H and O–H groups in total. The van der Waals surface area contributed by atoms with Gasteiger partial charge in [-0.25, -0.2) is 0 Å². The Balaban J connectivity index is 3.11. The molecule has 0 fully saturated rings. The average Bonchev–Trinajstić information content (AvgIpc) is 2.29. The standard InChI is InChI=1S/C13H18O4/c1-13(2,12(15)16)11(14)10-7-5-4-6-9(10)8-17-3/h4-7,11,14H,8H2,1-3H3,(H,15,16). The maximum absolute atomic E-state index is 11.1. The van der Waals surface area contributed by atoms with E-state index in [2.05, 4.69) is 0 Å². The summed E-state index contributed by atoms with van der Waals surface area (Å²) in [6, 6.07) is 7.15. The molecule has 1 aromatic rings. The van der Waals surface area contributed by atoms with Gasteiger partial charge in [0.2, 0.25) is 0 Å². The van der Waals surface area contributed by atoms with Gasteiger partial charge in [-0.15, -0.1) is 0 Å². The SMILES string of the molecule is COCc1ccccc1C(O)C(C)(C)C(=O)O. The molecule has 0 aliphatic rings. The Bertz CT molecular complexity index is 398. The molecule has 0 heterocycles. The van der Waals surface area contributed by atoms with Crippen molar-refractivity contribution in [3.63, 3.8) is 0 Å². The molecule has 1 rings (SSSR count). The van der Waals surface area contributed by atoms with Crippen LogP contribution in [0, 0.1) is 5.41 Å². The van der Waals surface area contributed by atoms with Crippen LogP contribution in [0.15, 0.2) is 24.3 Å². The Labute approximate surface area is 101 Å². The van der Waals surface area contributed by atoms with Crippen molar-refractivity contribution in [2.24, 2.45) is 5.41 Å². The van der Waals surface area contributed by atoms with Crippen LogP contribution in [-0.2, 0) is 16.1 Å². The van der Waals surface area contributed by atoms with Crippen molar-refractivity contribution in [1.82, 2.24) is 0 Å². The first-order chi connectivity index (χ1) is 7.91. The molecule has 0 radical (unpaired) electrons. The van der Waals surface area contributed by atoms with Gasteiger partial charge in [0, 0.05) is 7.11 Å². The highest BCUT2D eigenvalue weighted by Crippen LogP contribution is 2.35. The van der Waals surface area contributed by atoms with Crippen LogP contribution >= 0.6 is 0 Å². The van der Waals surface area contributed by atoms with E-state index in [9.17, 15) is 9.90 Å². The van der Waals surface area contributed by atoms with E-state index >= 15 is 0 Å². The van der Waals surface area contributed by atoms with Crippen LogP contribution in [-0.4, -0.2) is 23.3 Å². The van der Waals surface area contributed by atoms with Gasteiger partial charge in [-0.3, -0.25) is 4.79 Å². The third-order valence-corrected chi connectivity index (χ3v) is 2.88. The predicted octanol–water partition coefficient (Wildman–Crippen LogP) is 1.98. The minimum atomic E-state index is -1.23.